The molecule has 0 spiro atoms. The molecular weight excluding hydrogens is 244 g/mol. The van der Waals surface area contributed by atoms with Crippen LogP contribution in [0.4, 0.5) is 4.79 Å². The first-order chi connectivity index (χ1) is 9.02. The molecule has 0 aromatic rings. The number of hydrogen-bond acceptors (Lipinski definition) is 2. The number of carbonyl (C=O) groups is 2. The fraction of sp³-hybridized carbons (Fsp3) is 0.857. The van der Waals surface area contributed by atoms with Crippen LogP contribution >= 0.6 is 0 Å². The van der Waals surface area contributed by atoms with Crippen LogP contribution in [0.2, 0.25) is 0 Å². The molecule has 2 atom stereocenters. The van der Waals surface area contributed by atoms with Crippen molar-refractivity contribution in [3.8, 4) is 0 Å². The van der Waals surface area contributed by atoms with Crippen molar-refractivity contribution in [3.63, 3.8) is 0 Å². The summed E-state index contributed by atoms with van der Waals surface area (Å²) in [5.74, 6) is 0.0779. The van der Waals surface area contributed by atoms with Crippen molar-refractivity contribution < 1.29 is 14.7 Å². The number of carbonyl (C=O) groups excluding carboxylic acids is 1. The molecular formula is C14H26N2O3. The largest absolute Gasteiger partial charge is 0.481 e. The van der Waals surface area contributed by atoms with Gasteiger partial charge in [0.15, 0.2) is 0 Å². The van der Waals surface area contributed by atoms with E-state index in [1.54, 1.807) is 0 Å². The number of nitrogens with zero attached hydrogens (tertiary/aromatic N) is 1. The summed E-state index contributed by atoms with van der Waals surface area (Å²) >= 11 is 0. The van der Waals surface area contributed by atoms with Gasteiger partial charge in [-0.3, -0.25) is 4.79 Å². The maximum absolute atomic E-state index is 12.0. The molecule has 19 heavy (non-hydrogen) atoms. The smallest absolute Gasteiger partial charge is 0.317 e. The van der Waals surface area contributed by atoms with Gasteiger partial charge in [0.1, 0.15) is 0 Å². The highest BCUT2D eigenvalue weighted by Crippen LogP contribution is 2.21. The molecule has 1 saturated heterocycles. The molecule has 0 aromatic heterocycles. The molecule has 1 rings (SSSR count). The molecule has 0 saturated carbocycles. The summed E-state index contributed by atoms with van der Waals surface area (Å²) in [6.07, 6.45) is 3.93. The number of piperidine rings is 1. The van der Waals surface area contributed by atoms with Crippen molar-refractivity contribution in [2.24, 2.45) is 11.8 Å². The van der Waals surface area contributed by atoms with E-state index in [2.05, 4.69) is 19.2 Å². The lowest BCUT2D eigenvalue weighted by Crippen LogP contribution is -2.46. The van der Waals surface area contributed by atoms with Crippen LogP contribution < -0.4 is 5.32 Å². The first kappa shape index (κ1) is 15.8. The van der Waals surface area contributed by atoms with Gasteiger partial charge in [-0.2, -0.15) is 0 Å². The quantitative estimate of drug-likeness (QED) is 0.778. The number of urea groups is 1. The van der Waals surface area contributed by atoms with Gasteiger partial charge in [-0.25, -0.2) is 4.79 Å². The van der Waals surface area contributed by atoms with E-state index in [0.29, 0.717) is 31.3 Å². The second-order valence-electron chi connectivity index (χ2n) is 5.59. The first-order valence-corrected chi connectivity index (χ1v) is 7.27. The number of carboxylic acids is 1. The Labute approximate surface area is 115 Å². The van der Waals surface area contributed by atoms with E-state index >= 15 is 0 Å². The Morgan fingerprint density at radius 3 is 2.84 bits per heavy atom. The average Bonchev–Trinajstić information content (AvgIpc) is 2.42. The van der Waals surface area contributed by atoms with Gasteiger partial charge in [-0.15, -0.1) is 0 Å². The summed E-state index contributed by atoms with van der Waals surface area (Å²) in [6.45, 7) is 6.42. The Bertz CT molecular complexity index is 307. The Kier molecular flexibility index (Phi) is 6.67. The van der Waals surface area contributed by atoms with Crippen LogP contribution in [-0.2, 0) is 4.79 Å². The lowest BCUT2D eigenvalue weighted by atomic mass is 9.93. The highest BCUT2D eigenvalue weighted by atomic mass is 16.4. The molecule has 2 N–H and O–H groups in total. The standard InChI is InChI=1S/C14H26N2O3/c1-3-11(2)9-15-14(19)16-8-4-5-12(10-16)6-7-13(17)18/h11-12H,3-10H2,1-2H3,(H,15,19)(H,17,18). The zero-order valence-electron chi connectivity index (χ0n) is 12.0. The fourth-order valence-electron chi connectivity index (χ4n) is 2.33. The van der Waals surface area contributed by atoms with Crippen molar-refractivity contribution in [2.75, 3.05) is 19.6 Å². The molecule has 0 aliphatic carbocycles. The van der Waals surface area contributed by atoms with Gasteiger partial charge in [-0.05, 0) is 31.1 Å². The molecule has 0 radical (unpaired) electrons. The van der Waals surface area contributed by atoms with E-state index in [1.165, 1.54) is 0 Å². The number of hydrogen-bond donors (Lipinski definition) is 2. The highest BCUT2D eigenvalue weighted by Gasteiger charge is 2.23. The monoisotopic (exact) mass is 270 g/mol. The zero-order chi connectivity index (χ0) is 14.3. The van der Waals surface area contributed by atoms with Crippen molar-refractivity contribution >= 4 is 12.0 Å². The molecule has 110 valence electrons. The average molecular weight is 270 g/mol. The second kappa shape index (κ2) is 8.02. The molecule has 0 aromatic carbocycles. The Hall–Kier alpha value is -1.26. The molecule has 1 aliphatic heterocycles. The normalized spacial score (nSPS) is 20.9. The minimum Gasteiger partial charge on any atom is -0.481 e. The molecule has 0 bridgehead atoms. The third-order valence-electron chi connectivity index (χ3n) is 3.87. The van der Waals surface area contributed by atoms with E-state index in [-0.39, 0.29) is 12.5 Å². The molecule has 2 unspecified atom stereocenters. The summed E-state index contributed by atoms with van der Waals surface area (Å²) in [6, 6.07) is 0.000301. The molecule has 5 heteroatoms. The number of carboxylic acid groups (broad SMARTS) is 1. The molecule has 2 amide bonds. The van der Waals surface area contributed by atoms with Crippen molar-refractivity contribution in [2.45, 2.75) is 46.0 Å². The van der Waals surface area contributed by atoms with Crippen molar-refractivity contribution in [1.82, 2.24) is 10.2 Å². The molecule has 1 fully saturated rings. The van der Waals surface area contributed by atoms with Gasteiger partial charge < -0.3 is 15.3 Å². The summed E-state index contributed by atoms with van der Waals surface area (Å²) in [5, 5.41) is 11.7. The lowest BCUT2D eigenvalue weighted by molar-refractivity contribution is -0.137. The van der Waals surface area contributed by atoms with E-state index in [1.807, 2.05) is 4.90 Å². The Morgan fingerprint density at radius 2 is 2.21 bits per heavy atom. The number of rotatable bonds is 6. The third kappa shape index (κ3) is 5.94. The number of nitrogens with one attached hydrogen (secondary N) is 1. The van der Waals surface area contributed by atoms with Crippen LogP contribution in [-0.4, -0.2) is 41.6 Å². The van der Waals surface area contributed by atoms with E-state index < -0.39 is 5.97 Å². The maximum Gasteiger partial charge on any atom is 0.317 e. The van der Waals surface area contributed by atoms with Gasteiger partial charge in [0.2, 0.25) is 0 Å². The first-order valence-electron chi connectivity index (χ1n) is 7.27. The van der Waals surface area contributed by atoms with Crippen LogP contribution in [0, 0.1) is 11.8 Å². The van der Waals surface area contributed by atoms with Crippen LogP contribution in [0.5, 0.6) is 0 Å². The van der Waals surface area contributed by atoms with Crippen molar-refractivity contribution in [1.29, 1.82) is 0 Å². The Morgan fingerprint density at radius 1 is 1.47 bits per heavy atom. The van der Waals surface area contributed by atoms with E-state index in [0.717, 1.165) is 25.8 Å². The molecule has 5 nitrogen and oxygen atoms in total. The minimum absolute atomic E-state index is 0.000301. The fourth-order valence-corrected chi connectivity index (χ4v) is 2.33. The van der Waals surface area contributed by atoms with Gasteiger partial charge in [0.05, 0.1) is 0 Å². The highest BCUT2D eigenvalue weighted by molar-refractivity contribution is 5.74. The van der Waals surface area contributed by atoms with E-state index in [9.17, 15) is 9.59 Å². The topological polar surface area (TPSA) is 69.6 Å². The van der Waals surface area contributed by atoms with Gasteiger partial charge in [0, 0.05) is 26.1 Å². The Balaban J connectivity index is 2.32. The number of amides is 2. The van der Waals surface area contributed by atoms with Crippen LogP contribution in [0.15, 0.2) is 0 Å². The van der Waals surface area contributed by atoms with Gasteiger partial charge in [0.25, 0.3) is 0 Å². The minimum atomic E-state index is -0.752. The molecule has 1 heterocycles. The molecule has 1 aliphatic rings. The summed E-state index contributed by atoms with van der Waals surface area (Å²) < 4.78 is 0. The predicted molar refractivity (Wildman–Crippen MR) is 74.0 cm³/mol. The summed E-state index contributed by atoms with van der Waals surface area (Å²) in [5.41, 5.74) is 0. The third-order valence-corrected chi connectivity index (χ3v) is 3.87. The van der Waals surface area contributed by atoms with Crippen LogP contribution in [0.25, 0.3) is 0 Å². The van der Waals surface area contributed by atoms with Crippen molar-refractivity contribution in [3.05, 3.63) is 0 Å². The summed E-state index contributed by atoms with van der Waals surface area (Å²) in [7, 11) is 0. The maximum atomic E-state index is 12.0. The zero-order valence-corrected chi connectivity index (χ0v) is 12.0. The SMILES string of the molecule is CCC(C)CNC(=O)N1CCCC(CCC(=O)O)C1. The predicted octanol–water partition coefficient (Wildman–Crippen LogP) is 2.32. The van der Waals surface area contributed by atoms with Crippen LogP contribution in [0.1, 0.15) is 46.0 Å². The van der Waals surface area contributed by atoms with Gasteiger partial charge >= 0.3 is 12.0 Å². The van der Waals surface area contributed by atoms with E-state index in [4.69, 9.17) is 5.11 Å². The second-order valence-corrected chi connectivity index (χ2v) is 5.59. The number of aliphatic carboxylic acids is 1. The summed E-state index contributed by atoms with van der Waals surface area (Å²) in [4.78, 5) is 24.4. The number of likely N-dealkylation sites (tertiary alicyclic amines) is 1. The van der Waals surface area contributed by atoms with Crippen LogP contribution in [0.3, 0.4) is 0 Å². The van der Waals surface area contributed by atoms with Gasteiger partial charge in [-0.1, -0.05) is 20.3 Å². The lowest BCUT2D eigenvalue weighted by Gasteiger charge is -2.33.